The van der Waals surface area contributed by atoms with Gasteiger partial charge in [0, 0.05) is 29.5 Å². The molecule has 0 bridgehead atoms. The van der Waals surface area contributed by atoms with Gasteiger partial charge < -0.3 is 9.84 Å². The molecule has 84 valence electrons. The normalized spacial score (nSPS) is 10.6. The Morgan fingerprint density at radius 3 is 2.88 bits per heavy atom. The van der Waals surface area contributed by atoms with Crippen molar-refractivity contribution in [3.8, 4) is 0 Å². The van der Waals surface area contributed by atoms with Crippen LogP contribution >= 0.6 is 15.9 Å². The van der Waals surface area contributed by atoms with Crippen molar-refractivity contribution < 1.29 is 4.52 Å². The first-order valence-electron chi connectivity index (χ1n) is 4.96. The Balaban J connectivity index is 1.84. The van der Waals surface area contributed by atoms with Gasteiger partial charge in [-0.2, -0.15) is 0 Å². The molecule has 2 rings (SSSR count). The highest BCUT2D eigenvalue weighted by Crippen LogP contribution is 2.09. The van der Waals surface area contributed by atoms with Crippen molar-refractivity contribution in [1.82, 2.24) is 15.5 Å². The highest BCUT2D eigenvalue weighted by Gasteiger charge is 2.00. The van der Waals surface area contributed by atoms with E-state index in [0.29, 0.717) is 6.54 Å². The molecule has 1 N–H and O–H groups in total. The summed E-state index contributed by atoms with van der Waals surface area (Å²) in [6.45, 7) is 3.34. The summed E-state index contributed by atoms with van der Waals surface area (Å²) in [7, 11) is 0. The van der Waals surface area contributed by atoms with Gasteiger partial charge in [-0.15, -0.1) is 0 Å². The molecule has 0 radical (unpaired) electrons. The second kappa shape index (κ2) is 5.23. The minimum absolute atomic E-state index is 0.674. The number of rotatable bonds is 4. The van der Waals surface area contributed by atoms with Crippen molar-refractivity contribution in [3.05, 3.63) is 46.0 Å². The fourth-order valence-corrected chi connectivity index (χ4v) is 1.79. The van der Waals surface area contributed by atoms with Gasteiger partial charge in [0.1, 0.15) is 0 Å². The van der Waals surface area contributed by atoms with Crippen LogP contribution in [0.2, 0.25) is 0 Å². The van der Waals surface area contributed by atoms with E-state index >= 15 is 0 Å². The van der Waals surface area contributed by atoms with Crippen LogP contribution in [0.15, 0.2) is 33.5 Å². The van der Waals surface area contributed by atoms with Crippen molar-refractivity contribution in [2.45, 2.75) is 20.0 Å². The number of aryl methyl sites for hydroxylation is 1. The van der Waals surface area contributed by atoms with Crippen LogP contribution in [0.5, 0.6) is 0 Å². The number of hydrogen-bond acceptors (Lipinski definition) is 4. The summed E-state index contributed by atoms with van der Waals surface area (Å²) >= 11 is 3.38. The number of aromatic nitrogens is 2. The molecule has 2 heterocycles. The summed E-state index contributed by atoms with van der Waals surface area (Å²) in [6, 6.07) is 3.96. The van der Waals surface area contributed by atoms with Gasteiger partial charge >= 0.3 is 0 Å². The first-order chi connectivity index (χ1) is 7.74. The van der Waals surface area contributed by atoms with E-state index in [9.17, 15) is 0 Å². The lowest BCUT2D eigenvalue weighted by atomic mass is 10.3. The summed E-state index contributed by atoms with van der Waals surface area (Å²) in [4.78, 5) is 4.09. The Labute approximate surface area is 102 Å². The average molecular weight is 282 g/mol. The monoisotopic (exact) mass is 281 g/mol. The molecule has 0 aliphatic heterocycles. The van der Waals surface area contributed by atoms with Crippen LogP contribution in [-0.4, -0.2) is 10.1 Å². The molecule has 0 aliphatic carbocycles. The SMILES string of the molecule is Cc1cc(CNCc2cncc(Br)c2)on1. The molecule has 0 aliphatic rings. The van der Waals surface area contributed by atoms with Gasteiger partial charge in [0.15, 0.2) is 5.76 Å². The zero-order chi connectivity index (χ0) is 11.4. The first-order valence-corrected chi connectivity index (χ1v) is 5.75. The summed E-state index contributed by atoms with van der Waals surface area (Å²) in [5.74, 6) is 0.848. The van der Waals surface area contributed by atoms with Crippen molar-refractivity contribution in [3.63, 3.8) is 0 Å². The van der Waals surface area contributed by atoms with E-state index in [0.717, 1.165) is 28.0 Å². The number of hydrogen-bond donors (Lipinski definition) is 1. The molecule has 5 heteroatoms. The largest absolute Gasteiger partial charge is 0.360 e. The second-order valence-electron chi connectivity index (χ2n) is 3.55. The third-order valence-electron chi connectivity index (χ3n) is 2.07. The Kier molecular flexibility index (Phi) is 3.69. The van der Waals surface area contributed by atoms with Gasteiger partial charge in [0.2, 0.25) is 0 Å². The molecule has 4 nitrogen and oxygen atoms in total. The van der Waals surface area contributed by atoms with E-state index in [1.165, 1.54) is 0 Å². The van der Waals surface area contributed by atoms with Gasteiger partial charge in [-0.3, -0.25) is 4.98 Å². The summed E-state index contributed by atoms with van der Waals surface area (Å²) in [6.07, 6.45) is 3.60. The second-order valence-corrected chi connectivity index (χ2v) is 4.47. The maximum absolute atomic E-state index is 5.09. The zero-order valence-electron chi connectivity index (χ0n) is 8.90. The van der Waals surface area contributed by atoms with Crippen molar-refractivity contribution in [2.24, 2.45) is 0 Å². The molecule has 0 aromatic carbocycles. The lowest BCUT2D eigenvalue weighted by molar-refractivity contribution is 0.369. The van der Waals surface area contributed by atoms with E-state index in [1.807, 2.05) is 25.3 Å². The standard InChI is InChI=1S/C11H12BrN3O/c1-8-2-11(16-15-8)7-14-5-9-3-10(12)6-13-4-9/h2-4,6,14H,5,7H2,1H3. The van der Waals surface area contributed by atoms with E-state index in [1.54, 1.807) is 6.20 Å². The molecule has 0 saturated carbocycles. The van der Waals surface area contributed by atoms with Gasteiger partial charge in [-0.05, 0) is 34.5 Å². The lowest BCUT2D eigenvalue weighted by Gasteiger charge is -2.02. The molecule has 0 atom stereocenters. The van der Waals surface area contributed by atoms with Crippen molar-refractivity contribution >= 4 is 15.9 Å². The van der Waals surface area contributed by atoms with Gasteiger partial charge in [-0.1, -0.05) is 5.16 Å². The highest BCUT2D eigenvalue weighted by molar-refractivity contribution is 9.10. The first kappa shape index (κ1) is 11.3. The molecular weight excluding hydrogens is 270 g/mol. The fraction of sp³-hybridized carbons (Fsp3) is 0.273. The number of nitrogens with one attached hydrogen (secondary N) is 1. The number of halogens is 1. The van der Waals surface area contributed by atoms with Gasteiger partial charge in [0.25, 0.3) is 0 Å². The van der Waals surface area contributed by atoms with Crippen LogP contribution in [-0.2, 0) is 13.1 Å². The topological polar surface area (TPSA) is 51.0 Å². The number of nitrogens with zero attached hydrogens (tertiary/aromatic N) is 2. The molecule has 2 aromatic rings. The molecule has 0 unspecified atom stereocenters. The smallest absolute Gasteiger partial charge is 0.150 e. The third kappa shape index (κ3) is 3.15. The van der Waals surface area contributed by atoms with Crippen LogP contribution < -0.4 is 5.32 Å². The Bertz CT molecular complexity index is 470. The Morgan fingerprint density at radius 2 is 2.19 bits per heavy atom. The lowest BCUT2D eigenvalue weighted by Crippen LogP contribution is -2.12. The Hall–Kier alpha value is -1.20. The number of pyridine rings is 1. The van der Waals surface area contributed by atoms with Gasteiger partial charge in [0.05, 0.1) is 12.2 Å². The molecule has 0 saturated heterocycles. The van der Waals surface area contributed by atoms with Crippen LogP contribution in [0.3, 0.4) is 0 Å². The predicted molar refractivity (Wildman–Crippen MR) is 63.7 cm³/mol. The summed E-state index contributed by atoms with van der Waals surface area (Å²) in [5, 5.41) is 7.09. The van der Waals surface area contributed by atoms with Crippen molar-refractivity contribution in [2.75, 3.05) is 0 Å². The maximum Gasteiger partial charge on any atom is 0.150 e. The summed E-state index contributed by atoms with van der Waals surface area (Å²) in [5.41, 5.74) is 2.03. The fourth-order valence-electron chi connectivity index (χ4n) is 1.38. The Morgan fingerprint density at radius 1 is 1.31 bits per heavy atom. The van der Waals surface area contributed by atoms with Crippen LogP contribution in [0, 0.1) is 6.92 Å². The average Bonchev–Trinajstić information content (AvgIpc) is 2.64. The van der Waals surface area contributed by atoms with Crippen LogP contribution in [0.4, 0.5) is 0 Å². The molecule has 2 aromatic heterocycles. The molecule has 16 heavy (non-hydrogen) atoms. The minimum atomic E-state index is 0.674. The predicted octanol–water partition coefficient (Wildman–Crippen LogP) is 2.43. The van der Waals surface area contributed by atoms with E-state index in [4.69, 9.17) is 4.52 Å². The minimum Gasteiger partial charge on any atom is -0.360 e. The van der Waals surface area contributed by atoms with Crippen LogP contribution in [0.25, 0.3) is 0 Å². The van der Waals surface area contributed by atoms with E-state index in [-0.39, 0.29) is 0 Å². The van der Waals surface area contributed by atoms with Gasteiger partial charge in [-0.25, -0.2) is 0 Å². The highest BCUT2D eigenvalue weighted by atomic mass is 79.9. The quantitative estimate of drug-likeness (QED) is 0.935. The summed E-state index contributed by atoms with van der Waals surface area (Å²) < 4.78 is 6.08. The van der Waals surface area contributed by atoms with Crippen molar-refractivity contribution in [1.29, 1.82) is 0 Å². The molecular formula is C11H12BrN3O. The molecule has 0 fully saturated rings. The van der Waals surface area contributed by atoms with Crippen LogP contribution in [0.1, 0.15) is 17.0 Å². The van der Waals surface area contributed by atoms with E-state index < -0.39 is 0 Å². The maximum atomic E-state index is 5.09. The van der Waals surface area contributed by atoms with E-state index in [2.05, 4.69) is 31.4 Å². The zero-order valence-corrected chi connectivity index (χ0v) is 10.5. The molecule has 0 amide bonds. The molecule has 0 spiro atoms. The third-order valence-corrected chi connectivity index (χ3v) is 2.50.